The van der Waals surface area contributed by atoms with Crippen molar-refractivity contribution < 1.29 is 13.2 Å². The molecule has 0 unspecified atom stereocenters. The number of alkyl halides is 2. The average molecular weight is 347 g/mol. The summed E-state index contributed by atoms with van der Waals surface area (Å²) < 4.78 is 43.4. The van der Waals surface area contributed by atoms with Gasteiger partial charge in [0.15, 0.2) is 5.65 Å². The van der Waals surface area contributed by atoms with Crippen molar-refractivity contribution in [2.75, 3.05) is 23.7 Å². The van der Waals surface area contributed by atoms with Crippen LogP contribution in [-0.2, 0) is 0 Å². The quantitative estimate of drug-likeness (QED) is 0.773. The second kappa shape index (κ2) is 5.37. The molecule has 1 fully saturated rings. The molecule has 1 aliphatic rings. The fraction of sp³-hybridized carbons (Fsp3) is 0.294. The fourth-order valence-corrected chi connectivity index (χ4v) is 3.31. The Morgan fingerprint density at radius 3 is 2.60 bits per heavy atom. The third-order valence-electron chi connectivity index (χ3n) is 4.50. The maximum absolute atomic E-state index is 14.3. The molecule has 1 aliphatic heterocycles. The van der Waals surface area contributed by atoms with Crippen molar-refractivity contribution in [3.63, 3.8) is 0 Å². The number of halogens is 3. The number of nitrogens with zero attached hydrogens (tertiary/aromatic N) is 4. The van der Waals surface area contributed by atoms with Gasteiger partial charge >= 0.3 is 0 Å². The van der Waals surface area contributed by atoms with E-state index in [-0.39, 0.29) is 18.7 Å². The molecule has 3 heterocycles. The summed E-state index contributed by atoms with van der Waals surface area (Å²) in [7, 11) is 0. The topological polar surface area (TPSA) is 59.5 Å². The molecule has 130 valence electrons. The van der Waals surface area contributed by atoms with Gasteiger partial charge in [-0.3, -0.25) is 4.40 Å². The monoisotopic (exact) mass is 347 g/mol. The molecule has 0 bridgehead atoms. The van der Waals surface area contributed by atoms with Gasteiger partial charge in [0, 0.05) is 24.1 Å². The van der Waals surface area contributed by atoms with Gasteiger partial charge < -0.3 is 10.6 Å². The normalized spacial score (nSPS) is 16.7. The molecule has 5 nitrogen and oxygen atoms in total. The van der Waals surface area contributed by atoms with Crippen LogP contribution in [0.4, 0.5) is 24.7 Å². The molecule has 0 saturated carbocycles. The van der Waals surface area contributed by atoms with E-state index < -0.39 is 18.3 Å². The number of hydrogen-bond acceptors (Lipinski definition) is 4. The molecule has 4 rings (SSSR count). The highest BCUT2D eigenvalue weighted by atomic mass is 19.3. The first-order valence-corrected chi connectivity index (χ1v) is 7.89. The van der Waals surface area contributed by atoms with E-state index in [0.717, 1.165) is 0 Å². The lowest BCUT2D eigenvalue weighted by Gasteiger charge is -2.23. The first kappa shape index (κ1) is 15.7. The van der Waals surface area contributed by atoms with Crippen molar-refractivity contribution in [1.82, 2.24) is 14.6 Å². The van der Waals surface area contributed by atoms with Crippen molar-refractivity contribution in [3.05, 3.63) is 42.0 Å². The van der Waals surface area contributed by atoms with Crippen LogP contribution in [0.2, 0.25) is 0 Å². The van der Waals surface area contributed by atoms with Crippen molar-refractivity contribution in [2.45, 2.75) is 19.3 Å². The predicted octanol–water partition coefficient (Wildman–Crippen LogP) is 3.27. The Morgan fingerprint density at radius 2 is 1.92 bits per heavy atom. The van der Waals surface area contributed by atoms with Crippen LogP contribution in [0.1, 0.15) is 12.2 Å². The molecular weight excluding hydrogens is 331 g/mol. The minimum absolute atomic E-state index is 0.157. The molecule has 0 atom stereocenters. The Morgan fingerprint density at radius 1 is 1.16 bits per heavy atom. The van der Waals surface area contributed by atoms with Crippen LogP contribution in [0.5, 0.6) is 0 Å². The van der Waals surface area contributed by atoms with E-state index in [0.29, 0.717) is 28.4 Å². The molecule has 8 heteroatoms. The molecule has 0 aliphatic carbocycles. The second-order valence-corrected chi connectivity index (χ2v) is 6.24. The SMILES string of the molecule is Cc1nnc2cc(-c3ccccc3F)c(N)c(N3CCC(F)(F)C3)n12. The second-order valence-electron chi connectivity index (χ2n) is 6.24. The predicted molar refractivity (Wildman–Crippen MR) is 89.3 cm³/mol. The maximum Gasteiger partial charge on any atom is 0.266 e. The Bertz CT molecular complexity index is 966. The molecule has 0 spiro atoms. The number of rotatable bonds is 2. The van der Waals surface area contributed by atoms with Crippen LogP contribution >= 0.6 is 0 Å². The number of benzene rings is 1. The third-order valence-corrected chi connectivity index (χ3v) is 4.50. The summed E-state index contributed by atoms with van der Waals surface area (Å²) in [6, 6.07) is 7.84. The minimum atomic E-state index is -2.78. The van der Waals surface area contributed by atoms with E-state index in [1.165, 1.54) is 11.0 Å². The molecule has 0 radical (unpaired) electrons. The molecule has 0 amide bonds. The lowest BCUT2D eigenvalue weighted by molar-refractivity contribution is 0.0256. The minimum Gasteiger partial charge on any atom is -0.395 e. The number of fused-ring (bicyclic) bond motifs is 1. The standard InChI is InChI=1S/C17H16F3N5/c1-10-22-23-14-8-12(11-4-2-3-5-13(11)18)15(21)16(25(10)14)24-7-6-17(19,20)9-24/h2-5,8H,6-7,9,21H2,1H3. The average Bonchev–Trinajstić information content (AvgIpc) is 3.10. The number of nitrogens with two attached hydrogens (primary N) is 1. The molecule has 2 aromatic heterocycles. The van der Waals surface area contributed by atoms with E-state index in [9.17, 15) is 13.2 Å². The van der Waals surface area contributed by atoms with Crippen LogP contribution in [0.3, 0.4) is 0 Å². The van der Waals surface area contributed by atoms with E-state index in [1.807, 2.05) is 0 Å². The summed E-state index contributed by atoms with van der Waals surface area (Å²) in [5.41, 5.74) is 7.71. The van der Waals surface area contributed by atoms with E-state index in [4.69, 9.17) is 5.73 Å². The van der Waals surface area contributed by atoms with Crippen molar-refractivity contribution >= 4 is 17.2 Å². The summed E-state index contributed by atoms with van der Waals surface area (Å²) in [5, 5.41) is 8.08. The van der Waals surface area contributed by atoms with Gasteiger partial charge in [0.1, 0.15) is 17.5 Å². The van der Waals surface area contributed by atoms with Gasteiger partial charge in [-0.2, -0.15) is 0 Å². The van der Waals surface area contributed by atoms with Crippen LogP contribution in [-0.4, -0.2) is 33.6 Å². The van der Waals surface area contributed by atoms with E-state index >= 15 is 0 Å². The third kappa shape index (κ3) is 2.48. The number of nitrogen functional groups attached to an aromatic ring is 1. The van der Waals surface area contributed by atoms with Crippen molar-refractivity contribution in [2.24, 2.45) is 0 Å². The Labute approximate surface area is 141 Å². The lowest BCUT2D eigenvalue weighted by atomic mass is 10.0. The van der Waals surface area contributed by atoms with Crippen molar-refractivity contribution in [3.8, 4) is 11.1 Å². The van der Waals surface area contributed by atoms with Gasteiger partial charge in [0.25, 0.3) is 5.92 Å². The van der Waals surface area contributed by atoms with Gasteiger partial charge in [-0.15, -0.1) is 10.2 Å². The summed E-state index contributed by atoms with van der Waals surface area (Å²) in [6.45, 7) is 1.44. The molecule has 1 saturated heterocycles. The largest absolute Gasteiger partial charge is 0.395 e. The summed E-state index contributed by atoms with van der Waals surface area (Å²) in [4.78, 5) is 1.52. The number of aromatic nitrogens is 3. The Balaban J connectivity index is 1.99. The summed E-state index contributed by atoms with van der Waals surface area (Å²) in [5.74, 6) is -2.30. The smallest absolute Gasteiger partial charge is 0.266 e. The molecule has 25 heavy (non-hydrogen) atoms. The summed E-state index contributed by atoms with van der Waals surface area (Å²) >= 11 is 0. The maximum atomic E-state index is 14.3. The van der Waals surface area contributed by atoms with Gasteiger partial charge in [-0.1, -0.05) is 18.2 Å². The Hall–Kier alpha value is -2.77. The highest BCUT2D eigenvalue weighted by Crippen LogP contribution is 2.40. The summed E-state index contributed by atoms with van der Waals surface area (Å²) in [6.07, 6.45) is -0.251. The first-order chi connectivity index (χ1) is 11.9. The number of hydrogen-bond donors (Lipinski definition) is 1. The van der Waals surface area contributed by atoms with Crippen LogP contribution < -0.4 is 10.6 Å². The zero-order valence-corrected chi connectivity index (χ0v) is 13.5. The zero-order chi connectivity index (χ0) is 17.8. The van der Waals surface area contributed by atoms with Crippen molar-refractivity contribution in [1.29, 1.82) is 0 Å². The molecule has 2 N–H and O–H groups in total. The van der Waals surface area contributed by atoms with Gasteiger partial charge in [-0.05, 0) is 19.1 Å². The van der Waals surface area contributed by atoms with Crippen LogP contribution in [0, 0.1) is 12.7 Å². The van der Waals surface area contributed by atoms with Crippen LogP contribution in [0.25, 0.3) is 16.8 Å². The van der Waals surface area contributed by atoms with Gasteiger partial charge in [0.05, 0.1) is 12.2 Å². The molecule has 1 aromatic carbocycles. The number of pyridine rings is 1. The van der Waals surface area contributed by atoms with E-state index in [2.05, 4.69) is 10.2 Å². The van der Waals surface area contributed by atoms with Gasteiger partial charge in [-0.25, -0.2) is 13.2 Å². The Kier molecular flexibility index (Phi) is 3.38. The highest BCUT2D eigenvalue weighted by molar-refractivity contribution is 5.87. The zero-order valence-electron chi connectivity index (χ0n) is 13.5. The fourth-order valence-electron chi connectivity index (χ4n) is 3.31. The number of anilines is 2. The van der Waals surface area contributed by atoms with E-state index in [1.54, 1.807) is 35.6 Å². The van der Waals surface area contributed by atoms with Crippen LogP contribution in [0.15, 0.2) is 30.3 Å². The molecular formula is C17H16F3N5. The highest BCUT2D eigenvalue weighted by Gasteiger charge is 2.40. The lowest BCUT2D eigenvalue weighted by Crippen LogP contribution is -2.27. The van der Waals surface area contributed by atoms with Gasteiger partial charge in [0.2, 0.25) is 0 Å². The molecule has 3 aromatic rings. The first-order valence-electron chi connectivity index (χ1n) is 7.89. The number of aryl methyl sites for hydroxylation is 1.